The lowest BCUT2D eigenvalue weighted by Gasteiger charge is -2.24. The Bertz CT molecular complexity index is 759. The molecule has 0 bridgehead atoms. The first-order valence-corrected chi connectivity index (χ1v) is 9.20. The highest BCUT2D eigenvalue weighted by Gasteiger charge is 2.35. The Morgan fingerprint density at radius 1 is 1.30 bits per heavy atom. The van der Waals surface area contributed by atoms with Crippen LogP contribution in [0.4, 0.5) is 0 Å². The number of carbonyl (C=O) groups excluding carboxylic acids is 1. The standard InChI is InChI=1S/C17H22N4OS/c1-10-15(11(2)20(3)19-10)14-5-4-8-21(14)17(22)13-9-23-16(18-13)12-6-7-12/h9,12,14H,4-8H2,1-3H3/t14-/m0/s1. The van der Waals surface area contributed by atoms with Gasteiger partial charge in [0.25, 0.3) is 5.91 Å². The van der Waals surface area contributed by atoms with Crippen LogP contribution in [0.1, 0.15) is 70.1 Å². The van der Waals surface area contributed by atoms with E-state index in [1.807, 2.05) is 28.9 Å². The highest BCUT2D eigenvalue weighted by atomic mass is 32.1. The summed E-state index contributed by atoms with van der Waals surface area (Å²) in [6, 6.07) is 0.141. The average Bonchev–Trinajstić information content (AvgIpc) is 2.96. The number of thiazole rings is 1. The Morgan fingerprint density at radius 3 is 2.74 bits per heavy atom. The van der Waals surface area contributed by atoms with Gasteiger partial charge in [-0.1, -0.05) is 0 Å². The van der Waals surface area contributed by atoms with Crippen molar-refractivity contribution < 1.29 is 4.79 Å². The highest BCUT2D eigenvalue weighted by Crippen LogP contribution is 2.42. The molecule has 1 aliphatic heterocycles. The zero-order valence-electron chi connectivity index (χ0n) is 13.9. The topological polar surface area (TPSA) is 51.0 Å². The minimum atomic E-state index is 0.0818. The summed E-state index contributed by atoms with van der Waals surface area (Å²) in [5.74, 6) is 0.692. The quantitative estimate of drug-likeness (QED) is 0.867. The first kappa shape index (κ1) is 14.9. The molecule has 2 aromatic rings. The number of nitrogens with zero attached hydrogens (tertiary/aromatic N) is 4. The molecule has 2 aliphatic rings. The molecule has 1 saturated carbocycles. The summed E-state index contributed by atoms with van der Waals surface area (Å²) in [5, 5.41) is 7.60. The molecule has 3 heterocycles. The summed E-state index contributed by atoms with van der Waals surface area (Å²) >= 11 is 1.64. The second kappa shape index (κ2) is 5.44. The van der Waals surface area contributed by atoms with Crippen LogP contribution in [-0.4, -0.2) is 32.1 Å². The number of rotatable bonds is 3. The molecule has 1 saturated heterocycles. The van der Waals surface area contributed by atoms with Crippen molar-refractivity contribution in [2.24, 2.45) is 7.05 Å². The number of amides is 1. The molecule has 2 fully saturated rings. The molecule has 1 aliphatic carbocycles. The van der Waals surface area contributed by atoms with Gasteiger partial charge in [0.1, 0.15) is 5.69 Å². The summed E-state index contributed by atoms with van der Waals surface area (Å²) in [6.07, 6.45) is 4.51. The Balaban J connectivity index is 1.62. The van der Waals surface area contributed by atoms with Crippen LogP contribution in [0.25, 0.3) is 0 Å². The van der Waals surface area contributed by atoms with Crippen molar-refractivity contribution in [1.29, 1.82) is 0 Å². The van der Waals surface area contributed by atoms with Crippen LogP contribution in [-0.2, 0) is 7.05 Å². The maximum atomic E-state index is 13.0. The van der Waals surface area contributed by atoms with E-state index in [0.717, 1.165) is 35.8 Å². The van der Waals surface area contributed by atoms with E-state index in [1.54, 1.807) is 11.3 Å². The van der Waals surface area contributed by atoms with Gasteiger partial charge in [-0.25, -0.2) is 4.98 Å². The van der Waals surface area contributed by atoms with Gasteiger partial charge in [0.15, 0.2) is 0 Å². The number of hydrogen-bond donors (Lipinski definition) is 0. The molecule has 0 aromatic carbocycles. The van der Waals surface area contributed by atoms with Gasteiger partial charge in [0.05, 0.1) is 16.7 Å². The predicted molar refractivity (Wildman–Crippen MR) is 89.8 cm³/mol. The fourth-order valence-electron chi connectivity index (χ4n) is 3.63. The lowest BCUT2D eigenvalue weighted by Crippen LogP contribution is -2.31. The Labute approximate surface area is 140 Å². The van der Waals surface area contributed by atoms with Crippen LogP contribution in [0, 0.1) is 13.8 Å². The van der Waals surface area contributed by atoms with Crippen LogP contribution in [0.15, 0.2) is 5.38 Å². The number of carbonyl (C=O) groups is 1. The minimum Gasteiger partial charge on any atom is -0.330 e. The number of likely N-dealkylation sites (tertiary alicyclic amines) is 1. The van der Waals surface area contributed by atoms with Gasteiger partial charge in [-0.3, -0.25) is 9.48 Å². The maximum Gasteiger partial charge on any atom is 0.273 e. The SMILES string of the molecule is Cc1nn(C)c(C)c1[C@@H]1CCCN1C(=O)c1csc(C2CC2)n1. The largest absolute Gasteiger partial charge is 0.330 e. The van der Waals surface area contributed by atoms with E-state index in [0.29, 0.717) is 11.6 Å². The van der Waals surface area contributed by atoms with E-state index in [2.05, 4.69) is 17.0 Å². The fraction of sp³-hybridized carbons (Fsp3) is 0.588. The summed E-state index contributed by atoms with van der Waals surface area (Å²) in [5.41, 5.74) is 4.04. The van der Waals surface area contributed by atoms with Gasteiger partial charge >= 0.3 is 0 Å². The number of aromatic nitrogens is 3. The third-order valence-electron chi connectivity index (χ3n) is 5.08. The third kappa shape index (κ3) is 2.49. The van der Waals surface area contributed by atoms with E-state index in [1.165, 1.54) is 18.4 Å². The van der Waals surface area contributed by atoms with Crippen molar-refractivity contribution in [1.82, 2.24) is 19.7 Å². The normalized spacial score (nSPS) is 21.2. The molecule has 0 radical (unpaired) electrons. The number of aryl methyl sites for hydroxylation is 2. The average molecular weight is 330 g/mol. The van der Waals surface area contributed by atoms with Crippen molar-refractivity contribution in [3.8, 4) is 0 Å². The van der Waals surface area contributed by atoms with Crippen molar-refractivity contribution in [2.75, 3.05) is 6.54 Å². The third-order valence-corrected chi connectivity index (χ3v) is 6.09. The van der Waals surface area contributed by atoms with Gasteiger partial charge in [-0.2, -0.15) is 5.10 Å². The van der Waals surface area contributed by atoms with E-state index in [9.17, 15) is 4.79 Å². The van der Waals surface area contributed by atoms with Crippen molar-refractivity contribution in [3.05, 3.63) is 33.0 Å². The summed E-state index contributed by atoms with van der Waals surface area (Å²) in [7, 11) is 1.97. The lowest BCUT2D eigenvalue weighted by molar-refractivity contribution is 0.0729. The van der Waals surface area contributed by atoms with Crippen molar-refractivity contribution in [3.63, 3.8) is 0 Å². The predicted octanol–water partition coefficient (Wildman–Crippen LogP) is 3.35. The zero-order valence-corrected chi connectivity index (χ0v) is 14.7. The molecule has 2 aromatic heterocycles. The first-order chi connectivity index (χ1) is 11.1. The molecule has 1 atom stereocenters. The summed E-state index contributed by atoms with van der Waals surface area (Å²) < 4.78 is 1.92. The fourth-order valence-corrected chi connectivity index (χ4v) is 4.60. The molecule has 5 nitrogen and oxygen atoms in total. The minimum absolute atomic E-state index is 0.0818. The molecule has 6 heteroatoms. The second-order valence-corrected chi connectivity index (χ2v) is 7.60. The lowest BCUT2D eigenvalue weighted by atomic mass is 10.0. The maximum absolute atomic E-state index is 13.0. The summed E-state index contributed by atoms with van der Waals surface area (Å²) in [6.45, 7) is 4.94. The number of hydrogen-bond acceptors (Lipinski definition) is 4. The van der Waals surface area contributed by atoms with Gasteiger partial charge in [0.2, 0.25) is 0 Å². The van der Waals surface area contributed by atoms with Gasteiger partial charge in [-0.05, 0) is 39.5 Å². The monoisotopic (exact) mass is 330 g/mol. The smallest absolute Gasteiger partial charge is 0.273 e. The van der Waals surface area contributed by atoms with Crippen LogP contribution in [0.5, 0.6) is 0 Å². The molecule has 0 spiro atoms. The van der Waals surface area contributed by atoms with E-state index in [-0.39, 0.29) is 11.9 Å². The molecule has 23 heavy (non-hydrogen) atoms. The van der Waals surface area contributed by atoms with Crippen LogP contribution < -0.4 is 0 Å². The van der Waals surface area contributed by atoms with Gasteiger partial charge < -0.3 is 4.90 Å². The van der Waals surface area contributed by atoms with Crippen molar-refractivity contribution >= 4 is 17.2 Å². The van der Waals surface area contributed by atoms with E-state index >= 15 is 0 Å². The van der Waals surface area contributed by atoms with E-state index in [4.69, 9.17) is 0 Å². The second-order valence-electron chi connectivity index (χ2n) is 6.71. The molecule has 0 N–H and O–H groups in total. The van der Waals surface area contributed by atoms with Crippen LogP contribution >= 0.6 is 11.3 Å². The van der Waals surface area contributed by atoms with Crippen LogP contribution in [0.2, 0.25) is 0 Å². The molecule has 122 valence electrons. The Hall–Kier alpha value is -1.69. The Kier molecular flexibility index (Phi) is 3.52. The van der Waals surface area contributed by atoms with Crippen molar-refractivity contribution in [2.45, 2.75) is 51.5 Å². The summed E-state index contributed by atoms with van der Waals surface area (Å²) in [4.78, 5) is 19.6. The zero-order chi connectivity index (χ0) is 16.1. The highest BCUT2D eigenvalue weighted by molar-refractivity contribution is 7.10. The Morgan fingerprint density at radius 2 is 2.09 bits per heavy atom. The van der Waals surface area contributed by atoms with Gasteiger partial charge in [-0.15, -0.1) is 11.3 Å². The molecule has 4 rings (SSSR count). The molecule has 0 unspecified atom stereocenters. The molecular weight excluding hydrogens is 308 g/mol. The molecular formula is C17H22N4OS. The first-order valence-electron chi connectivity index (χ1n) is 8.32. The van der Waals surface area contributed by atoms with E-state index < -0.39 is 0 Å². The van der Waals surface area contributed by atoms with Gasteiger partial charge in [0, 0.05) is 36.1 Å². The molecule has 1 amide bonds. The van der Waals surface area contributed by atoms with Crippen LogP contribution in [0.3, 0.4) is 0 Å².